The first-order valence-corrected chi connectivity index (χ1v) is 3.49. The average molecular weight is 173 g/mol. The van der Waals surface area contributed by atoms with E-state index in [2.05, 4.69) is 4.98 Å². The summed E-state index contributed by atoms with van der Waals surface area (Å²) in [7, 11) is 1.54. The number of aromatic nitrogens is 1. The zero-order chi connectivity index (χ0) is 8.43. The Morgan fingerprint density at radius 2 is 2.27 bits per heavy atom. The molecule has 0 aliphatic carbocycles. The molecule has 11 heavy (non-hydrogen) atoms. The highest BCUT2D eigenvalue weighted by atomic mass is 35.5. The van der Waals surface area contributed by atoms with Gasteiger partial charge in [0.1, 0.15) is 0 Å². The summed E-state index contributed by atoms with van der Waals surface area (Å²) in [6, 6.07) is 0. The Balaban J connectivity index is 3.29. The third kappa shape index (κ3) is 1.38. The Kier molecular flexibility index (Phi) is 2.19. The number of rotatable bonds is 1. The van der Waals surface area contributed by atoms with E-state index in [-0.39, 0.29) is 0 Å². The molecular formula is C7H9ClN2O. The van der Waals surface area contributed by atoms with Crippen LogP contribution in [-0.4, -0.2) is 12.1 Å². The van der Waals surface area contributed by atoms with Crippen LogP contribution in [0.25, 0.3) is 0 Å². The van der Waals surface area contributed by atoms with E-state index in [1.807, 2.05) is 6.92 Å². The van der Waals surface area contributed by atoms with E-state index < -0.39 is 0 Å². The van der Waals surface area contributed by atoms with Crippen molar-refractivity contribution in [2.24, 2.45) is 0 Å². The Morgan fingerprint density at radius 1 is 1.64 bits per heavy atom. The van der Waals surface area contributed by atoms with Gasteiger partial charge in [0.15, 0.2) is 10.9 Å². The zero-order valence-electron chi connectivity index (χ0n) is 6.39. The summed E-state index contributed by atoms with van der Waals surface area (Å²) < 4.78 is 4.98. The highest BCUT2D eigenvalue weighted by Gasteiger charge is 2.07. The van der Waals surface area contributed by atoms with E-state index in [9.17, 15) is 0 Å². The predicted molar refractivity (Wildman–Crippen MR) is 44.9 cm³/mol. The van der Waals surface area contributed by atoms with Crippen LogP contribution >= 0.6 is 11.6 Å². The summed E-state index contributed by atoms with van der Waals surface area (Å²) in [4.78, 5) is 3.83. The maximum atomic E-state index is 5.71. The lowest BCUT2D eigenvalue weighted by Gasteiger charge is -2.07. The Hall–Kier alpha value is -0.960. The molecule has 0 saturated heterocycles. The minimum absolute atomic E-state index is 0.346. The number of nitrogens with zero attached hydrogens (tertiary/aromatic N) is 1. The molecule has 0 radical (unpaired) electrons. The molecule has 0 unspecified atom stereocenters. The van der Waals surface area contributed by atoms with E-state index in [4.69, 9.17) is 22.1 Å². The van der Waals surface area contributed by atoms with Gasteiger partial charge in [0, 0.05) is 5.56 Å². The summed E-state index contributed by atoms with van der Waals surface area (Å²) in [5.74, 6) is 0.548. The molecular weight excluding hydrogens is 164 g/mol. The maximum Gasteiger partial charge on any atom is 0.171 e. The van der Waals surface area contributed by atoms with Crippen molar-refractivity contribution < 1.29 is 4.74 Å². The SMILES string of the molecule is COc1c(Cl)ncc(N)c1C. The third-order valence-corrected chi connectivity index (χ3v) is 1.75. The molecule has 0 spiro atoms. The van der Waals surface area contributed by atoms with Crippen LogP contribution in [0.3, 0.4) is 0 Å². The van der Waals surface area contributed by atoms with Gasteiger partial charge in [-0.2, -0.15) is 0 Å². The van der Waals surface area contributed by atoms with Crippen LogP contribution in [0.4, 0.5) is 5.69 Å². The summed E-state index contributed by atoms with van der Waals surface area (Å²) in [5.41, 5.74) is 6.98. The summed E-state index contributed by atoms with van der Waals surface area (Å²) in [6.45, 7) is 1.84. The van der Waals surface area contributed by atoms with Crippen LogP contribution in [-0.2, 0) is 0 Å². The van der Waals surface area contributed by atoms with E-state index in [0.717, 1.165) is 5.56 Å². The molecule has 0 amide bonds. The number of pyridine rings is 1. The van der Waals surface area contributed by atoms with E-state index in [1.54, 1.807) is 0 Å². The van der Waals surface area contributed by atoms with Crippen molar-refractivity contribution in [2.75, 3.05) is 12.8 Å². The van der Waals surface area contributed by atoms with Crippen LogP contribution < -0.4 is 10.5 Å². The lowest BCUT2D eigenvalue weighted by Crippen LogP contribution is -1.96. The predicted octanol–water partition coefficient (Wildman–Crippen LogP) is 1.63. The van der Waals surface area contributed by atoms with Gasteiger partial charge < -0.3 is 10.5 Å². The minimum Gasteiger partial charge on any atom is -0.493 e. The normalized spacial score (nSPS) is 9.73. The molecule has 0 atom stereocenters. The molecule has 1 aromatic heterocycles. The van der Waals surface area contributed by atoms with Gasteiger partial charge in [-0.05, 0) is 6.92 Å². The van der Waals surface area contributed by atoms with Crippen molar-refractivity contribution in [3.05, 3.63) is 16.9 Å². The van der Waals surface area contributed by atoms with Crippen LogP contribution in [0.5, 0.6) is 5.75 Å². The van der Waals surface area contributed by atoms with E-state index >= 15 is 0 Å². The summed E-state index contributed by atoms with van der Waals surface area (Å²) in [6.07, 6.45) is 1.51. The number of nitrogens with two attached hydrogens (primary N) is 1. The van der Waals surface area contributed by atoms with Gasteiger partial charge in [0.2, 0.25) is 0 Å². The molecule has 0 fully saturated rings. The van der Waals surface area contributed by atoms with Crippen LogP contribution in [0, 0.1) is 6.92 Å². The first-order valence-electron chi connectivity index (χ1n) is 3.11. The van der Waals surface area contributed by atoms with Crippen molar-refractivity contribution in [1.82, 2.24) is 4.98 Å². The second-order valence-corrected chi connectivity index (χ2v) is 2.52. The molecule has 1 heterocycles. The zero-order valence-corrected chi connectivity index (χ0v) is 7.14. The number of hydrogen-bond donors (Lipinski definition) is 1. The summed E-state index contributed by atoms with van der Waals surface area (Å²) in [5, 5.41) is 0.346. The molecule has 0 aromatic carbocycles. The Bertz CT molecular complexity index is 275. The number of halogens is 1. The highest BCUT2D eigenvalue weighted by Crippen LogP contribution is 2.28. The largest absolute Gasteiger partial charge is 0.493 e. The second-order valence-electron chi connectivity index (χ2n) is 2.16. The number of nitrogen functional groups attached to an aromatic ring is 1. The summed E-state index contributed by atoms with van der Waals surface area (Å²) >= 11 is 5.71. The van der Waals surface area contributed by atoms with Gasteiger partial charge in [-0.25, -0.2) is 4.98 Å². The van der Waals surface area contributed by atoms with Crippen LogP contribution in [0.1, 0.15) is 5.56 Å². The lowest BCUT2D eigenvalue weighted by atomic mass is 10.2. The molecule has 0 bridgehead atoms. The molecule has 0 aliphatic heterocycles. The quantitative estimate of drug-likeness (QED) is 0.656. The van der Waals surface area contributed by atoms with Crippen molar-refractivity contribution in [3.63, 3.8) is 0 Å². The molecule has 2 N–H and O–H groups in total. The van der Waals surface area contributed by atoms with Crippen LogP contribution in [0.15, 0.2) is 6.20 Å². The standard InChI is InChI=1S/C7H9ClN2O/c1-4-5(9)3-10-7(8)6(4)11-2/h3H,9H2,1-2H3. The number of hydrogen-bond acceptors (Lipinski definition) is 3. The second kappa shape index (κ2) is 2.96. The average Bonchev–Trinajstić information content (AvgIpc) is 1.99. The fourth-order valence-electron chi connectivity index (χ4n) is 0.805. The van der Waals surface area contributed by atoms with Gasteiger partial charge in [-0.3, -0.25) is 0 Å². The van der Waals surface area contributed by atoms with Crippen molar-refractivity contribution in [2.45, 2.75) is 6.92 Å². The monoisotopic (exact) mass is 172 g/mol. The van der Waals surface area contributed by atoms with Crippen molar-refractivity contribution in [1.29, 1.82) is 0 Å². The molecule has 0 saturated carbocycles. The lowest BCUT2D eigenvalue weighted by molar-refractivity contribution is 0.410. The highest BCUT2D eigenvalue weighted by molar-refractivity contribution is 6.31. The molecule has 1 aromatic rings. The first kappa shape index (κ1) is 8.14. The topological polar surface area (TPSA) is 48.1 Å². The van der Waals surface area contributed by atoms with Crippen LogP contribution in [0.2, 0.25) is 5.15 Å². The third-order valence-electron chi connectivity index (χ3n) is 1.48. The molecule has 1 rings (SSSR count). The van der Waals surface area contributed by atoms with Gasteiger partial charge >= 0.3 is 0 Å². The van der Waals surface area contributed by atoms with Gasteiger partial charge in [0.25, 0.3) is 0 Å². The van der Waals surface area contributed by atoms with E-state index in [0.29, 0.717) is 16.6 Å². The molecule has 3 nitrogen and oxygen atoms in total. The van der Waals surface area contributed by atoms with Gasteiger partial charge in [-0.15, -0.1) is 0 Å². The van der Waals surface area contributed by atoms with Crippen molar-refractivity contribution in [3.8, 4) is 5.75 Å². The Labute approximate surface area is 70.1 Å². The number of anilines is 1. The smallest absolute Gasteiger partial charge is 0.171 e. The molecule has 60 valence electrons. The maximum absolute atomic E-state index is 5.71. The number of ether oxygens (including phenoxy) is 1. The minimum atomic E-state index is 0.346. The number of methoxy groups -OCH3 is 1. The molecule has 0 aliphatic rings. The van der Waals surface area contributed by atoms with Gasteiger partial charge in [-0.1, -0.05) is 11.6 Å². The fourth-order valence-corrected chi connectivity index (χ4v) is 1.07. The van der Waals surface area contributed by atoms with E-state index in [1.165, 1.54) is 13.3 Å². The first-order chi connectivity index (χ1) is 5.16. The fraction of sp³-hybridized carbons (Fsp3) is 0.286. The Morgan fingerprint density at radius 3 is 2.73 bits per heavy atom. The molecule has 4 heteroatoms. The van der Waals surface area contributed by atoms with Crippen molar-refractivity contribution >= 4 is 17.3 Å². The van der Waals surface area contributed by atoms with Gasteiger partial charge in [0.05, 0.1) is 19.0 Å².